The number of Topliss-reactive ketones (excluding diaryl/α,β-unsaturated/α-hetero) is 1. The number of rotatable bonds is 6. The van der Waals surface area contributed by atoms with E-state index in [9.17, 15) is 14.0 Å². The van der Waals surface area contributed by atoms with Crippen LogP contribution >= 0.6 is 11.8 Å². The molecule has 0 saturated heterocycles. The third-order valence-corrected chi connectivity index (χ3v) is 4.60. The Labute approximate surface area is 159 Å². The van der Waals surface area contributed by atoms with Crippen molar-refractivity contribution >= 4 is 29.3 Å². The van der Waals surface area contributed by atoms with E-state index in [1.165, 1.54) is 36.0 Å². The first-order valence-electron chi connectivity index (χ1n) is 8.10. The van der Waals surface area contributed by atoms with Crippen molar-refractivity contribution in [1.82, 2.24) is 19.6 Å². The summed E-state index contributed by atoms with van der Waals surface area (Å²) in [5.74, 6) is -0.914. The SMILES string of the molecule is CSc1nc2nc(C)c(CC(=O)OCC(=O)c3ccc(F)cc3)c(C)n2n1. The number of ether oxygens (including phenoxy) is 1. The minimum Gasteiger partial charge on any atom is -0.457 e. The van der Waals surface area contributed by atoms with Crippen LogP contribution in [-0.2, 0) is 16.0 Å². The van der Waals surface area contributed by atoms with Crippen LogP contribution in [-0.4, -0.2) is 44.2 Å². The monoisotopic (exact) mass is 388 g/mol. The largest absolute Gasteiger partial charge is 0.457 e. The first-order valence-corrected chi connectivity index (χ1v) is 9.32. The third-order valence-electron chi connectivity index (χ3n) is 4.06. The Balaban J connectivity index is 1.70. The van der Waals surface area contributed by atoms with Crippen LogP contribution in [0.15, 0.2) is 29.4 Å². The van der Waals surface area contributed by atoms with Crippen molar-refractivity contribution in [3.8, 4) is 0 Å². The first kappa shape index (κ1) is 19.0. The van der Waals surface area contributed by atoms with Crippen molar-refractivity contribution in [3.63, 3.8) is 0 Å². The van der Waals surface area contributed by atoms with Crippen LogP contribution < -0.4 is 0 Å². The Kier molecular flexibility index (Phi) is 5.50. The summed E-state index contributed by atoms with van der Waals surface area (Å²) in [6, 6.07) is 5.07. The fourth-order valence-electron chi connectivity index (χ4n) is 2.59. The predicted molar refractivity (Wildman–Crippen MR) is 97.4 cm³/mol. The van der Waals surface area contributed by atoms with E-state index >= 15 is 0 Å². The maximum atomic E-state index is 12.9. The minimum atomic E-state index is -0.553. The summed E-state index contributed by atoms with van der Waals surface area (Å²) in [5, 5.41) is 4.92. The lowest BCUT2D eigenvalue weighted by Gasteiger charge is -2.10. The number of nitrogens with zero attached hydrogens (tertiary/aromatic N) is 4. The van der Waals surface area contributed by atoms with Gasteiger partial charge in [-0.3, -0.25) is 9.59 Å². The van der Waals surface area contributed by atoms with Gasteiger partial charge in [-0.1, -0.05) is 11.8 Å². The van der Waals surface area contributed by atoms with Crippen LogP contribution in [0.5, 0.6) is 0 Å². The number of carbonyl (C=O) groups excluding carboxylic acids is 2. The van der Waals surface area contributed by atoms with Gasteiger partial charge in [0.05, 0.1) is 6.42 Å². The Bertz CT molecular complexity index is 1020. The fraction of sp³-hybridized carbons (Fsp3) is 0.278. The van der Waals surface area contributed by atoms with Gasteiger partial charge < -0.3 is 4.74 Å². The van der Waals surface area contributed by atoms with E-state index in [4.69, 9.17) is 4.74 Å². The highest BCUT2D eigenvalue weighted by Gasteiger charge is 2.17. The number of aryl methyl sites for hydroxylation is 2. The topological polar surface area (TPSA) is 86.5 Å². The smallest absolute Gasteiger partial charge is 0.310 e. The van der Waals surface area contributed by atoms with Gasteiger partial charge in [-0.15, -0.1) is 5.10 Å². The van der Waals surface area contributed by atoms with E-state index in [1.54, 1.807) is 11.4 Å². The number of halogens is 1. The molecule has 0 fully saturated rings. The van der Waals surface area contributed by atoms with Crippen LogP contribution in [0, 0.1) is 19.7 Å². The molecule has 0 radical (unpaired) electrons. The normalized spacial score (nSPS) is 11.0. The molecule has 140 valence electrons. The number of hydrogen-bond donors (Lipinski definition) is 0. The second kappa shape index (κ2) is 7.83. The van der Waals surface area contributed by atoms with Gasteiger partial charge in [0.25, 0.3) is 5.78 Å². The molecule has 27 heavy (non-hydrogen) atoms. The summed E-state index contributed by atoms with van der Waals surface area (Å²) in [4.78, 5) is 32.9. The van der Waals surface area contributed by atoms with Gasteiger partial charge in [-0.05, 0) is 44.4 Å². The van der Waals surface area contributed by atoms with Gasteiger partial charge in [0, 0.05) is 22.5 Å². The van der Waals surface area contributed by atoms with E-state index in [1.807, 2.05) is 13.2 Å². The zero-order valence-corrected chi connectivity index (χ0v) is 15.8. The molecular formula is C18H17FN4O3S. The molecule has 0 saturated carbocycles. The number of hydrogen-bond acceptors (Lipinski definition) is 7. The maximum absolute atomic E-state index is 12.9. The summed E-state index contributed by atoms with van der Waals surface area (Å²) in [5.41, 5.74) is 2.36. The summed E-state index contributed by atoms with van der Waals surface area (Å²) < 4.78 is 19.6. The van der Waals surface area contributed by atoms with E-state index < -0.39 is 24.2 Å². The highest BCUT2D eigenvalue weighted by Crippen LogP contribution is 2.17. The molecule has 0 atom stereocenters. The minimum absolute atomic E-state index is 0.0359. The summed E-state index contributed by atoms with van der Waals surface area (Å²) in [6.07, 6.45) is 1.83. The Morgan fingerprint density at radius 2 is 1.89 bits per heavy atom. The average Bonchev–Trinajstić information content (AvgIpc) is 3.07. The second-order valence-corrected chi connectivity index (χ2v) is 6.61. The first-order chi connectivity index (χ1) is 12.9. The molecule has 1 aromatic carbocycles. The van der Waals surface area contributed by atoms with Crippen LogP contribution in [0.3, 0.4) is 0 Å². The lowest BCUT2D eigenvalue weighted by Crippen LogP contribution is -2.17. The second-order valence-electron chi connectivity index (χ2n) is 5.84. The van der Waals surface area contributed by atoms with Gasteiger partial charge in [0.15, 0.2) is 12.4 Å². The summed E-state index contributed by atoms with van der Waals surface area (Å²) in [6.45, 7) is 3.21. The van der Waals surface area contributed by atoms with Crippen LogP contribution in [0.25, 0.3) is 5.78 Å². The third kappa shape index (κ3) is 4.13. The molecule has 0 aliphatic carbocycles. The van der Waals surface area contributed by atoms with E-state index in [-0.39, 0.29) is 12.0 Å². The molecule has 2 heterocycles. The van der Waals surface area contributed by atoms with Crippen molar-refractivity contribution in [3.05, 3.63) is 52.6 Å². The highest BCUT2D eigenvalue weighted by atomic mass is 32.2. The number of ketones is 1. The number of thioether (sulfide) groups is 1. The zero-order valence-electron chi connectivity index (χ0n) is 15.0. The van der Waals surface area contributed by atoms with E-state index in [0.29, 0.717) is 22.2 Å². The fourth-order valence-corrected chi connectivity index (χ4v) is 2.93. The molecule has 9 heteroatoms. The molecule has 0 amide bonds. The lowest BCUT2D eigenvalue weighted by molar-refractivity contribution is -0.141. The number of fused-ring (bicyclic) bond motifs is 1. The van der Waals surface area contributed by atoms with Crippen LogP contribution in [0.4, 0.5) is 4.39 Å². The summed E-state index contributed by atoms with van der Waals surface area (Å²) >= 11 is 1.40. The number of carbonyl (C=O) groups is 2. The highest BCUT2D eigenvalue weighted by molar-refractivity contribution is 7.98. The van der Waals surface area contributed by atoms with Gasteiger partial charge in [-0.2, -0.15) is 4.98 Å². The quantitative estimate of drug-likeness (QED) is 0.364. The molecule has 0 aliphatic rings. The van der Waals surface area contributed by atoms with Crippen molar-refractivity contribution in [1.29, 1.82) is 0 Å². The number of aromatic nitrogens is 4. The van der Waals surface area contributed by atoms with Crippen molar-refractivity contribution < 1.29 is 18.7 Å². The van der Waals surface area contributed by atoms with Crippen LogP contribution in [0.1, 0.15) is 27.3 Å². The molecule has 2 aromatic heterocycles. The Morgan fingerprint density at radius 3 is 2.56 bits per heavy atom. The molecule has 0 spiro atoms. The number of esters is 1. The van der Waals surface area contributed by atoms with E-state index in [2.05, 4.69) is 15.1 Å². The zero-order chi connectivity index (χ0) is 19.6. The number of benzene rings is 1. The Hall–Kier alpha value is -2.81. The van der Waals surface area contributed by atoms with Crippen LogP contribution in [0.2, 0.25) is 0 Å². The predicted octanol–water partition coefficient (Wildman–Crippen LogP) is 2.57. The standard InChI is InChI=1S/C18H17FN4O3S/c1-10-14(11(2)23-17(20-10)21-18(22-23)27-3)8-16(25)26-9-15(24)12-4-6-13(19)7-5-12/h4-7H,8-9H2,1-3H3. The molecule has 0 bridgehead atoms. The van der Waals surface area contributed by atoms with Crippen molar-refractivity contribution in [2.75, 3.05) is 12.9 Å². The molecule has 3 aromatic rings. The molecule has 0 N–H and O–H groups in total. The van der Waals surface area contributed by atoms with Crippen molar-refractivity contribution in [2.45, 2.75) is 25.4 Å². The van der Waals surface area contributed by atoms with Gasteiger partial charge in [0.1, 0.15) is 5.82 Å². The van der Waals surface area contributed by atoms with Gasteiger partial charge >= 0.3 is 5.97 Å². The van der Waals surface area contributed by atoms with E-state index in [0.717, 1.165) is 5.69 Å². The van der Waals surface area contributed by atoms with Gasteiger partial charge in [-0.25, -0.2) is 13.9 Å². The molecule has 3 rings (SSSR count). The van der Waals surface area contributed by atoms with Crippen molar-refractivity contribution in [2.24, 2.45) is 0 Å². The maximum Gasteiger partial charge on any atom is 0.310 e. The summed E-state index contributed by atoms with van der Waals surface area (Å²) in [7, 11) is 0. The average molecular weight is 388 g/mol. The Morgan fingerprint density at radius 1 is 1.19 bits per heavy atom. The molecular weight excluding hydrogens is 371 g/mol. The molecule has 0 aliphatic heterocycles. The molecule has 0 unspecified atom stereocenters. The molecule has 7 nitrogen and oxygen atoms in total. The van der Waals surface area contributed by atoms with Gasteiger partial charge in [0.2, 0.25) is 5.16 Å². The lowest BCUT2D eigenvalue weighted by atomic mass is 10.1.